The van der Waals surface area contributed by atoms with Crippen molar-refractivity contribution in [2.24, 2.45) is 7.05 Å². The summed E-state index contributed by atoms with van der Waals surface area (Å²) in [6, 6.07) is 13.2. The minimum absolute atomic E-state index is 0.160. The summed E-state index contributed by atoms with van der Waals surface area (Å²) in [5.74, 6) is -0.885. The smallest absolute Gasteiger partial charge is 0.335 e. The van der Waals surface area contributed by atoms with E-state index in [2.05, 4.69) is 10.3 Å². The average Bonchev–Trinajstić information content (AvgIpc) is 3.30. The maximum absolute atomic E-state index is 12.9. The lowest BCUT2D eigenvalue weighted by molar-refractivity contribution is 0.0696. The van der Waals surface area contributed by atoms with Gasteiger partial charge in [-0.05, 0) is 55.3 Å². The van der Waals surface area contributed by atoms with Crippen LogP contribution in [0, 0.1) is 0 Å². The highest BCUT2D eigenvalue weighted by Gasteiger charge is 2.22. The largest absolute Gasteiger partial charge is 0.496 e. The van der Waals surface area contributed by atoms with E-state index in [4.69, 9.17) is 9.84 Å². The molecule has 186 valence electrons. The highest BCUT2D eigenvalue weighted by molar-refractivity contribution is 6.03. The molecule has 0 saturated heterocycles. The van der Waals surface area contributed by atoms with Crippen molar-refractivity contribution < 1.29 is 24.5 Å². The summed E-state index contributed by atoms with van der Waals surface area (Å²) < 4.78 is 6.98. The van der Waals surface area contributed by atoms with E-state index < -0.39 is 17.5 Å². The summed E-state index contributed by atoms with van der Waals surface area (Å²) in [6.45, 7) is 3.55. The van der Waals surface area contributed by atoms with Crippen molar-refractivity contribution >= 4 is 22.8 Å². The number of carboxylic acid groups (broad SMARTS) is 1. The summed E-state index contributed by atoms with van der Waals surface area (Å²) in [7, 11) is 3.17. The van der Waals surface area contributed by atoms with Crippen LogP contribution in [0.5, 0.6) is 5.75 Å². The summed E-state index contributed by atoms with van der Waals surface area (Å²) >= 11 is 0. The number of H-pyrrole nitrogens is 1. The number of carboxylic acids is 1. The van der Waals surface area contributed by atoms with Crippen molar-refractivity contribution in [3.63, 3.8) is 0 Å². The second kappa shape index (κ2) is 9.35. The van der Waals surface area contributed by atoms with Gasteiger partial charge in [0.25, 0.3) is 11.5 Å². The van der Waals surface area contributed by atoms with Crippen molar-refractivity contribution in [1.29, 1.82) is 0 Å². The van der Waals surface area contributed by atoms with E-state index in [1.807, 2.05) is 6.07 Å². The van der Waals surface area contributed by atoms with Crippen LogP contribution in [-0.4, -0.2) is 38.8 Å². The minimum atomic E-state index is -1.09. The van der Waals surface area contributed by atoms with E-state index in [1.165, 1.54) is 16.7 Å². The second-order valence-corrected chi connectivity index (χ2v) is 9.09. The van der Waals surface area contributed by atoms with Crippen LogP contribution >= 0.6 is 0 Å². The van der Waals surface area contributed by atoms with Gasteiger partial charge in [0, 0.05) is 36.3 Å². The molecule has 0 atom stereocenters. The predicted octanol–water partition coefficient (Wildman–Crippen LogP) is 3.40. The van der Waals surface area contributed by atoms with E-state index in [-0.39, 0.29) is 28.9 Å². The third kappa shape index (κ3) is 4.73. The van der Waals surface area contributed by atoms with E-state index in [0.717, 1.165) is 5.56 Å². The molecule has 36 heavy (non-hydrogen) atoms. The standard InChI is InChI=1S/C27H27N3O6/c1-27(2,35)17-9-10-22(36-4)18(11-17)20-14-30(3)25(32)23-19(20)12-21(29-23)24(31)28-13-15-5-7-16(8-6-15)26(33)34/h5-12,14,29,35H,13H2,1-4H3,(H,28,31)(H,33,34). The Hall–Kier alpha value is -4.37. The molecule has 4 aromatic rings. The number of aromatic amines is 1. The number of amides is 1. The molecule has 2 heterocycles. The Morgan fingerprint density at radius 3 is 2.39 bits per heavy atom. The molecule has 4 rings (SSSR count). The van der Waals surface area contributed by atoms with E-state index in [0.29, 0.717) is 27.8 Å². The van der Waals surface area contributed by atoms with E-state index in [9.17, 15) is 19.5 Å². The molecule has 2 aromatic heterocycles. The van der Waals surface area contributed by atoms with Crippen LogP contribution in [-0.2, 0) is 19.2 Å². The number of nitrogens with one attached hydrogen (secondary N) is 2. The molecule has 9 nitrogen and oxygen atoms in total. The van der Waals surface area contributed by atoms with Gasteiger partial charge in [0.2, 0.25) is 0 Å². The van der Waals surface area contributed by atoms with Gasteiger partial charge in [-0.25, -0.2) is 4.79 Å². The lowest BCUT2D eigenvalue weighted by atomic mass is 9.93. The zero-order chi connectivity index (χ0) is 26.2. The van der Waals surface area contributed by atoms with Gasteiger partial charge in [-0.2, -0.15) is 0 Å². The number of hydrogen-bond donors (Lipinski definition) is 4. The summed E-state index contributed by atoms with van der Waals surface area (Å²) in [6.07, 6.45) is 1.68. The summed E-state index contributed by atoms with van der Waals surface area (Å²) in [4.78, 5) is 39.7. The van der Waals surface area contributed by atoms with Crippen LogP contribution in [0.4, 0.5) is 0 Å². The molecule has 0 radical (unpaired) electrons. The SMILES string of the molecule is COc1ccc(C(C)(C)O)cc1-c1cn(C)c(=O)c2[nH]c(C(=O)NCc3ccc(C(=O)O)cc3)cc12. The molecule has 0 fully saturated rings. The van der Waals surface area contributed by atoms with Gasteiger partial charge in [-0.3, -0.25) is 9.59 Å². The number of methoxy groups -OCH3 is 1. The first-order valence-electron chi connectivity index (χ1n) is 11.2. The molecule has 2 aromatic carbocycles. The second-order valence-electron chi connectivity index (χ2n) is 9.09. The number of ether oxygens (including phenoxy) is 1. The topological polar surface area (TPSA) is 134 Å². The number of rotatable bonds is 7. The fourth-order valence-corrected chi connectivity index (χ4v) is 4.01. The molecule has 1 amide bonds. The van der Waals surface area contributed by atoms with Crippen LogP contribution in [0.2, 0.25) is 0 Å². The lowest BCUT2D eigenvalue weighted by Gasteiger charge is -2.20. The van der Waals surface area contributed by atoms with Gasteiger partial charge in [-0.1, -0.05) is 18.2 Å². The number of aryl methyl sites for hydroxylation is 1. The van der Waals surface area contributed by atoms with Gasteiger partial charge in [-0.15, -0.1) is 0 Å². The van der Waals surface area contributed by atoms with Crippen LogP contribution in [0.15, 0.2) is 59.5 Å². The number of aromatic nitrogens is 2. The van der Waals surface area contributed by atoms with Crippen molar-refractivity contribution in [1.82, 2.24) is 14.9 Å². The third-order valence-electron chi connectivity index (χ3n) is 6.06. The lowest BCUT2D eigenvalue weighted by Crippen LogP contribution is -2.23. The number of carbonyl (C=O) groups excluding carboxylic acids is 1. The van der Waals surface area contributed by atoms with Crippen LogP contribution in [0.25, 0.3) is 22.0 Å². The Labute approximate surface area is 207 Å². The first-order chi connectivity index (χ1) is 17.0. The zero-order valence-corrected chi connectivity index (χ0v) is 20.4. The number of carbonyl (C=O) groups is 2. The molecule has 0 saturated carbocycles. The summed E-state index contributed by atoms with van der Waals surface area (Å²) in [5.41, 5.74) is 1.97. The Morgan fingerprint density at radius 1 is 1.08 bits per heavy atom. The monoisotopic (exact) mass is 489 g/mol. The maximum Gasteiger partial charge on any atom is 0.335 e. The van der Waals surface area contributed by atoms with Crippen LogP contribution in [0.3, 0.4) is 0 Å². The van der Waals surface area contributed by atoms with Crippen molar-refractivity contribution in [3.8, 4) is 16.9 Å². The molecule has 0 spiro atoms. The highest BCUT2D eigenvalue weighted by atomic mass is 16.5. The number of pyridine rings is 1. The number of nitrogens with zero attached hydrogens (tertiary/aromatic N) is 1. The van der Waals surface area contributed by atoms with Gasteiger partial charge in [0.1, 0.15) is 17.0 Å². The number of benzene rings is 2. The van der Waals surface area contributed by atoms with Gasteiger partial charge >= 0.3 is 5.97 Å². The molecule has 0 unspecified atom stereocenters. The zero-order valence-electron chi connectivity index (χ0n) is 20.4. The van der Waals surface area contributed by atoms with Gasteiger partial charge in [0.05, 0.1) is 18.3 Å². The molecule has 0 aliphatic carbocycles. The fourth-order valence-electron chi connectivity index (χ4n) is 4.01. The fraction of sp³-hybridized carbons (Fsp3) is 0.222. The van der Waals surface area contributed by atoms with Gasteiger partial charge in [0.15, 0.2) is 0 Å². The quantitative estimate of drug-likeness (QED) is 0.314. The molecule has 0 aliphatic rings. The predicted molar refractivity (Wildman–Crippen MR) is 135 cm³/mol. The molecule has 0 bridgehead atoms. The molecular formula is C27H27N3O6. The number of aliphatic hydroxyl groups is 1. The number of fused-ring (bicyclic) bond motifs is 1. The average molecular weight is 490 g/mol. The molecule has 4 N–H and O–H groups in total. The van der Waals surface area contributed by atoms with Gasteiger partial charge < -0.3 is 29.8 Å². The third-order valence-corrected chi connectivity index (χ3v) is 6.06. The molecule has 0 aliphatic heterocycles. The minimum Gasteiger partial charge on any atom is -0.496 e. The van der Waals surface area contributed by atoms with Crippen molar-refractivity contribution in [3.05, 3.63) is 87.5 Å². The Balaban J connectivity index is 1.73. The normalized spacial score (nSPS) is 11.5. The molecular weight excluding hydrogens is 462 g/mol. The van der Waals surface area contributed by atoms with Crippen molar-refractivity contribution in [2.45, 2.75) is 26.0 Å². The van der Waals surface area contributed by atoms with E-state index >= 15 is 0 Å². The van der Waals surface area contributed by atoms with Crippen LogP contribution < -0.4 is 15.6 Å². The maximum atomic E-state index is 12.9. The van der Waals surface area contributed by atoms with E-state index in [1.54, 1.807) is 64.5 Å². The Kier molecular flexibility index (Phi) is 6.43. The molecule has 9 heteroatoms. The Bertz CT molecular complexity index is 1520. The Morgan fingerprint density at radius 2 is 1.78 bits per heavy atom. The number of aromatic carboxylic acids is 1. The number of hydrogen-bond acceptors (Lipinski definition) is 5. The first-order valence-corrected chi connectivity index (χ1v) is 11.2. The van der Waals surface area contributed by atoms with Crippen LogP contribution in [0.1, 0.15) is 45.8 Å². The summed E-state index contributed by atoms with van der Waals surface area (Å²) in [5, 5.41) is 22.9. The highest BCUT2D eigenvalue weighted by Crippen LogP contribution is 2.37. The van der Waals surface area contributed by atoms with Crippen molar-refractivity contribution in [2.75, 3.05) is 7.11 Å². The first kappa shape index (κ1) is 24.7.